The van der Waals surface area contributed by atoms with Gasteiger partial charge in [0.05, 0.1) is 18.1 Å². The maximum atomic E-state index is 12.9. The molecule has 2 aromatic carbocycles. The van der Waals surface area contributed by atoms with Gasteiger partial charge in [-0.05, 0) is 60.2 Å². The van der Waals surface area contributed by atoms with Gasteiger partial charge < -0.3 is 8.92 Å². The van der Waals surface area contributed by atoms with Crippen LogP contribution in [-0.4, -0.2) is 26.5 Å². The van der Waals surface area contributed by atoms with Crippen LogP contribution < -0.4 is 4.18 Å². The molecule has 2 atom stereocenters. The lowest BCUT2D eigenvalue weighted by Gasteiger charge is -2.21. The Hall–Kier alpha value is -2.76. The first-order chi connectivity index (χ1) is 16.1. The van der Waals surface area contributed by atoms with E-state index in [1.165, 1.54) is 6.07 Å². The van der Waals surface area contributed by atoms with Crippen molar-refractivity contribution in [3.8, 4) is 16.9 Å². The quantitative estimate of drug-likeness (QED) is 0.158. The lowest BCUT2D eigenvalue weighted by Crippen LogP contribution is -2.28. The monoisotopic (exact) mass is 526 g/mol. The van der Waals surface area contributed by atoms with Crippen molar-refractivity contribution in [1.82, 2.24) is 0 Å². The minimum atomic E-state index is -6.04. The minimum absolute atomic E-state index is 0.0117. The molecule has 0 fully saturated rings. The summed E-state index contributed by atoms with van der Waals surface area (Å²) in [6, 6.07) is 7.03. The molecule has 0 N–H and O–H groups in total. The Bertz CT molecular complexity index is 1120. The standard InChI is InChI=1S/C23H24F6O5S/c1-4-14(3)10-20(21(30)33-5-2)17-11-16(15-6-8-18(9-7-15)22(24,25)26)12-19(13-17)34-35(31,32)23(27,28)29/h6-9,11-14,20H,4-5,10H2,1-3H3. The number of halogens is 6. The second-order valence-corrected chi connectivity index (χ2v) is 9.44. The molecule has 0 spiro atoms. The van der Waals surface area contributed by atoms with Crippen molar-refractivity contribution in [2.75, 3.05) is 6.61 Å². The second kappa shape index (κ2) is 10.9. The predicted molar refractivity (Wildman–Crippen MR) is 116 cm³/mol. The number of carbonyl (C=O) groups is 1. The summed E-state index contributed by atoms with van der Waals surface area (Å²) in [5.41, 5.74) is -6.36. The van der Waals surface area contributed by atoms with Crippen LogP contribution in [0.4, 0.5) is 26.3 Å². The van der Waals surface area contributed by atoms with Crippen LogP contribution in [-0.2, 0) is 25.8 Å². The largest absolute Gasteiger partial charge is 0.534 e. The van der Waals surface area contributed by atoms with Gasteiger partial charge in [-0.2, -0.15) is 34.8 Å². The summed E-state index contributed by atoms with van der Waals surface area (Å²) in [7, 11) is -6.04. The Morgan fingerprint density at radius 3 is 2.03 bits per heavy atom. The highest BCUT2D eigenvalue weighted by Gasteiger charge is 2.48. The Kier molecular flexibility index (Phi) is 8.85. The van der Waals surface area contributed by atoms with Crippen LogP contribution in [0.1, 0.15) is 50.7 Å². The van der Waals surface area contributed by atoms with Crippen molar-refractivity contribution >= 4 is 16.1 Å². The normalized spacial score (nSPS) is 14.3. The highest BCUT2D eigenvalue weighted by atomic mass is 32.2. The van der Waals surface area contributed by atoms with Crippen molar-refractivity contribution in [1.29, 1.82) is 0 Å². The first-order valence-electron chi connectivity index (χ1n) is 10.6. The highest BCUT2D eigenvalue weighted by molar-refractivity contribution is 7.88. The van der Waals surface area contributed by atoms with Crippen LogP contribution in [0.3, 0.4) is 0 Å². The summed E-state index contributed by atoms with van der Waals surface area (Å²) in [6.45, 7) is 5.31. The molecule has 0 heterocycles. The van der Waals surface area contributed by atoms with Crippen molar-refractivity contribution in [3.63, 3.8) is 0 Å². The molecule has 35 heavy (non-hydrogen) atoms. The van der Waals surface area contributed by atoms with E-state index in [-0.39, 0.29) is 35.6 Å². The van der Waals surface area contributed by atoms with E-state index >= 15 is 0 Å². The summed E-state index contributed by atoms with van der Waals surface area (Å²) in [6.07, 6.45) is -3.71. The summed E-state index contributed by atoms with van der Waals surface area (Å²) in [5, 5.41) is 0. The van der Waals surface area contributed by atoms with Crippen LogP contribution >= 0.6 is 0 Å². The Balaban J connectivity index is 2.67. The van der Waals surface area contributed by atoms with Crippen LogP contribution in [0.25, 0.3) is 11.1 Å². The zero-order valence-corrected chi connectivity index (χ0v) is 19.9. The molecule has 12 heteroatoms. The number of hydrogen-bond acceptors (Lipinski definition) is 5. The Morgan fingerprint density at radius 1 is 0.943 bits per heavy atom. The fourth-order valence-electron chi connectivity index (χ4n) is 3.24. The van der Waals surface area contributed by atoms with Gasteiger partial charge in [0.15, 0.2) is 0 Å². The van der Waals surface area contributed by atoms with Crippen LogP contribution in [0, 0.1) is 5.92 Å². The molecule has 2 rings (SSSR count). The molecule has 0 aliphatic heterocycles. The average Bonchev–Trinajstić information content (AvgIpc) is 2.75. The molecular weight excluding hydrogens is 502 g/mol. The molecule has 0 radical (unpaired) electrons. The van der Waals surface area contributed by atoms with Gasteiger partial charge in [-0.3, -0.25) is 4.79 Å². The molecule has 0 aliphatic rings. The third kappa shape index (κ3) is 7.36. The topological polar surface area (TPSA) is 69.7 Å². The highest BCUT2D eigenvalue weighted by Crippen LogP contribution is 2.37. The fourth-order valence-corrected chi connectivity index (χ4v) is 3.69. The third-order valence-electron chi connectivity index (χ3n) is 5.27. The SMILES string of the molecule is CCOC(=O)C(CC(C)CC)c1cc(OS(=O)(=O)C(F)(F)F)cc(-c2ccc(C(F)(F)F)cc2)c1. The number of alkyl halides is 6. The molecule has 0 bridgehead atoms. The predicted octanol–water partition coefficient (Wildman–Crippen LogP) is 6.68. The lowest BCUT2D eigenvalue weighted by molar-refractivity contribution is -0.145. The van der Waals surface area contributed by atoms with Crippen LogP contribution in [0.2, 0.25) is 0 Å². The van der Waals surface area contributed by atoms with Gasteiger partial charge in [-0.25, -0.2) is 0 Å². The number of esters is 1. The Morgan fingerprint density at radius 2 is 1.54 bits per heavy atom. The van der Waals surface area contributed by atoms with E-state index in [0.717, 1.165) is 36.4 Å². The molecule has 5 nitrogen and oxygen atoms in total. The van der Waals surface area contributed by atoms with Gasteiger partial charge in [-0.1, -0.05) is 38.5 Å². The molecule has 194 valence electrons. The lowest BCUT2D eigenvalue weighted by atomic mass is 9.87. The van der Waals surface area contributed by atoms with Crippen molar-refractivity contribution in [2.24, 2.45) is 5.92 Å². The molecule has 0 saturated carbocycles. The van der Waals surface area contributed by atoms with E-state index < -0.39 is 45.0 Å². The fraction of sp³-hybridized carbons (Fsp3) is 0.435. The minimum Gasteiger partial charge on any atom is -0.466 e. The van der Waals surface area contributed by atoms with E-state index in [1.807, 2.05) is 13.8 Å². The summed E-state index contributed by atoms with van der Waals surface area (Å²) < 4.78 is 110. The molecule has 0 saturated heterocycles. The number of benzene rings is 2. The number of carbonyl (C=O) groups excluding carboxylic acids is 1. The van der Waals surface area contributed by atoms with E-state index in [2.05, 4.69) is 4.18 Å². The van der Waals surface area contributed by atoms with E-state index in [0.29, 0.717) is 6.42 Å². The molecule has 0 amide bonds. The molecular formula is C23H24F6O5S. The zero-order valence-electron chi connectivity index (χ0n) is 19.0. The van der Waals surface area contributed by atoms with Gasteiger partial charge in [-0.15, -0.1) is 0 Å². The second-order valence-electron chi connectivity index (χ2n) is 7.90. The molecule has 2 aromatic rings. The summed E-state index contributed by atoms with van der Waals surface area (Å²) in [4.78, 5) is 12.7. The molecule has 0 aromatic heterocycles. The van der Waals surface area contributed by atoms with Crippen molar-refractivity contribution in [2.45, 2.75) is 51.2 Å². The summed E-state index contributed by atoms with van der Waals surface area (Å²) >= 11 is 0. The van der Waals surface area contributed by atoms with Crippen LogP contribution in [0.5, 0.6) is 5.75 Å². The summed E-state index contributed by atoms with van der Waals surface area (Å²) in [5.74, 6) is -2.41. The van der Waals surface area contributed by atoms with Gasteiger partial charge >= 0.3 is 27.8 Å². The first kappa shape index (κ1) is 28.5. The molecule has 2 unspecified atom stereocenters. The van der Waals surface area contributed by atoms with Gasteiger partial charge in [0, 0.05) is 0 Å². The van der Waals surface area contributed by atoms with E-state index in [9.17, 15) is 39.6 Å². The Labute approximate surface area is 199 Å². The van der Waals surface area contributed by atoms with E-state index in [4.69, 9.17) is 4.74 Å². The van der Waals surface area contributed by atoms with Gasteiger partial charge in [0.25, 0.3) is 0 Å². The van der Waals surface area contributed by atoms with Crippen molar-refractivity contribution < 1.29 is 48.5 Å². The van der Waals surface area contributed by atoms with Crippen LogP contribution in [0.15, 0.2) is 42.5 Å². The number of rotatable bonds is 9. The number of ether oxygens (including phenoxy) is 1. The maximum absolute atomic E-state index is 12.9. The maximum Gasteiger partial charge on any atom is 0.534 e. The average molecular weight is 526 g/mol. The third-order valence-corrected chi connectivity index (χ3v) is 6.25. The zero-order chi connectivity index (χ0) is 26.6. The number of hydrogen-bond donors (Lipinski definition) is 0. The van der Waals surface area contributed by atoms with Crippen molar-refractivity contribution in [3.05, 3.63) is 53.6 Å². The molecule has 0 aliphatic carbocycles. The first-order valence-corrected chi connectivity index (χ1v) is 12.0. The smallest absolute Gasteiger partial charge is 0.466 e. The van der Waals surface area contributed by atoms with E-state index in [1.54, 1.807) is 6.92 Å². The van der Waals surface area contributed by atoms with Gasteiger partial charge in [0.2, 0.25) is 0 Å². The van der Waals surface area contributed by atoms with Gasteiger partial charge in [0.1, 0.15) is 5.75 Å².